The number of hydrogen-bond acceptors (Lipinski definition) is 3. The molecule has 13 rings (SSSR count). The molecule has 11 aromatic rings. The lowest BCUT2D eigenvalue weighted by Crippen LogP contribution is -2.77. The van der Waals surface area contributed by atoms with Crippen molar-refractivity contribution >= 4 is 114 Å². The minimum Gasteiger partial charge on any atom is -0.456 e. The van der Waals surface area contributed by atoms with E-state index in [0.717, 1.165) is 52.6 Å². The van der Waals surface area contributed by atoms with Gasteiger partial charge in [0.2, 0.25) is 0 Å². The van der Waals surface area contributed by atoms with Crippen LogP contribution in [0.1, 0.15) is 25.3 Å². The van der Waals surface area contributed by atoms with Crippen LogP contribution in [0.5, 0.6) is 0 Å². The van der Waals surface area contributed by atoms with Crippen LogP contribution in [0, 0.1) is 0 Å². The zero-order valence-electron chi connectivity index (χ0n) is 38.6. The van der Waals surface area contributed by atoms with Crippen molar-refractivity contribution in [2.45, 2.75) is 26.2 Å². The number of fused-ring (bicyclic) bond motifs is 7. The summed E-state index contributed by atoms with van der Waals surface area (Å²) in [6, 6.07) is 93.5. The van der Waals surface area contributed by atoms with Crippen LogP contribution in [0.4, 0.5) is 34.1 Å². The Morgan fingerprint density at radius 2 is 0.725 bits per heavy atom. The third-order valence-corrected chi connectivity index (χ3v) is 24.7. The molecule has 3 nitrogen and oxygen atoms in total. The minimum atomic E-state index is -2.77. The quantitative estimate of drug-likeness (QED) is 0.135. The molecule has 330 valence electrons. The summed E-state index contributed by atoms with van der Waals surface area (Å²) in [5, 5.41) is 13.3. The molecule has 0 unspecified atom stereocenters. The average Bonchev–Trinajstić information content (AvgIpc) is 3.80. The summed E-state index contributed by atoms with van der Waals surface area (Å²) >= 11 is 0. The Morgan fingerprint density at radius 3 is 1.13 bits per heavy atom. The largest absolute Gasteiger partial charge is 0.456 e. The number of hydrogen-bond donors (Lipinski definition) is 0. The van der Waals surface area contributed by atoms with Gasteiger partial charge in [-0.25, -0.2) is 0 Å². The normalized spacial score (nSPS) is 14.2. The van der Waals surface area contributed by atoms with Crippen molar-refractivity contribution in [2.75, 3.05) is 9.80 Å². The van der Waals surface area contributed by atoms with Gasteiger partial charge >= 0.3 is 0 Å². The topological polar surface area (TPSA) is 19.6 Å². The fourth-order valence-corrected chi connectivity index (χ4v) is 22.3. The molecule has 10 aromatic carbocycles. The van der Waals surface area contributed by atoms with E-state index in [1.165, 1.54) is 69.8 Å². The number of anilines is 6. The number of para-hydroxylation sites is 4. The molecule has 3 heterocycles. The van der Waals surface area contributed by atoms with Crippen LogP contribution in [0.2, 0.25) is 0 Å². The predicted octanol–water partition coefficient (Wildman–Crippen LogP) is 11.2. The molecule has 5 heteroatoms. The van der Waals surface area contributed by atoms with Crippen LogP contribution in [0.3, 0.4) is 0 Å². The van der Waals surface area contributed by atoms with E-state index in [1.54, 1.807) is 0 Å². The molecule has 0 aliphatic carbocycles. The van der Waals surface area contributed by atoms with Crippen LogP contribution in [-0.4, -0.2) is 16.1 Å². The van der Waals surface area contributed by atoms with Gasteiger partial charge in [-0.1, -0.05) is 207 Å². The van der Waals surface area contributed by atoms with E-state index in [9.17, 15) is 0 Å². The highest BCUT2D eigenvalue weighted by Crippen LogP contribution is 2.45. The second-order valence-corrected chi connectivity index (χ2v) is 26.0. The van der Waals surface area contributed by atoms with Gasteiger partial charge in [0.15, 0.2) is 16.1 Å². The predicted molar refractivity (Wildman–Crippen MR) is 296 cm³/mol. The van der Waals surface area contributed by atoms with Crippen molar-refractivity contribution in [3.63, 3.8) is 0 Å². The first kappa shape index (κ1) is 41.2. The van der Waals surface area contributed by atoms with Crippen LogP contribution >= 0.6 is 0 Å². The summed E-state index contributed by atoms with van der Waals surface area (Å²) in [4.78, 5) is 5.06. The van der Waals surface area contributed by atoms with Gasteiger partial charge in [-0.15, -0.1) is 0 Å². The first-order valence-electron chi connectivity index (χ1n) is 24.4. The van der Waals surface area contributed by atoms with Gasteiger partial charge in [0, 0.05) is 44.9 Å². The molecule has 0 atom stereocenters. The fourth-order valence-electron chi connectivity index (χ4n) is 12.1. The van der Waals surface area contributed by atoms with E-state index < -0.39 is 16.1 Å². The van der Waals surface area contributed by atoms with Crippen LogP contribution in [0.25, 0.3) is 21.9 Å². The van der Waals surface area contributed by atoms with Gasteiger partial charge in [0.1, 0.15) is 11.2 Å². The Bertz CT molecular complexity index is 3510. The second-order valence-electron chi connectivity index (χ2n) is 18.6. The second kappa shape index (κ2) is 16.7. The lowest BCUT2D eigenvalue weighted by Gasteiger charge is -2.45. The number of nitrogens with zero attached hydrogens (tertiary/aromatic N) is 2. The number of aryl methyl sites for hydroxylation is 1. The molecule has 1 aromatic heterocycles. The first-order valence-corrected chi connectivity index (χ1v) is 28.4. The average molecular weight is 919 g/mol. The minimum absolute atomic E-state index is 0.901. The lowest BCUT2D eigenvalue weighted by molar-refractivity contribution is 0.658. The third-order valence-electron chi connectivity index (χ3n) is 15.0. The standard InChI is InChI=1S/C64H50N2OSi2/c1-2-3-24-46-43-48(66-57-35-18-22-39-62(57)69(51-29-12-6-13-30-51,52-31-14-7-15-32-52)63-40-23-19-36-58(63)66)45-54-53-44-47(41-42-59(53)67-64(46)54)65-55-33-16-20-37-60(55)68(49-25-8-4-9-26-49,50-27-10-5-11-28-50)61-38-21-17-34-56(61)65/h4-23,25-45H,2-3,24H2,1H3. The van der Waals surface area contributed by atoms with Crippen LogP contribution < -0.4 is 51.3 Å². The molecule has 0 radical (unpaired) electrons. The van der Waals surface area contributed by atoms with E-state index in [0.29, 0.717) is 0 Å². The fraction of sp³-hybridized carbons (Fsp3) is 0.0625. The summed E-state index contributed by atoms with van der Waals surface area (Å²) in [7, 11) is -5.53. The van der Waals surface area contributed by atoms with Crippen LogP contribution in [-0.2, 0) is 6.42 Å². The third kappa shape index (κ3) is 6.17. The molecule has 2 aliphatic rings. The Hall–Kier alpha value is -7.97. The number of rotatable bonds is 9. The molecule has 2 aliphatic heterocycles. The van der Waals surface area contributed by atoms with Crippen molar-refractivity contribution in [1.82, 2.24) is 0 Å². The van der Waals surface area contributed by atoms with Gasteiger partial charge in [0.25, 0.3) is 0 Å². The maximum atomic E-state index is 7.02. The molecule has 0 saturated heterocycles. The van der Waals surface area contributed by atoms with E-state index in [-0.39, 0.29) is 0 Å². The molecule has 0 saturated carbocycles. The molecule has 0 spiro atoms. The molecular formula is C64H50N2OSi2. The molecule has 0 N–H and O–H groups in total. The van der Waals surface area contributed by atoms with E-state index in [2.05, 4.69) is 265 Å². The zero-order chi connectivity index (χ0) is 45.9. The van der Waals surface area contributed by atoms with Crippen molar-refractivity contribution in [2.24, 2.45) is 0 Å². The SMILES string of the molecule is CCCCc1cc(N2c3ccccc3[Si](c3ccccc3)(c3ccccc3)c3ccccc32)cc2c1oc1ccc(N3c4ccccc4[Si](c4ccccc4)(c4ccccc4)c4ccccc43)cc12. The van der Waals surface area contributed by atoms with Crippen molar-refractivity contribution in [1.29, 1.82) is 0 Å². The molecule has 69 heavy (non-hydrogen) atoms. The number of unbranched alkanes of at least 4 members (excludes halogenated alkanes) is 1. The Labute approximate surface area is 406 Å². The van der Waals surface area contributed by atoms with E-state index in [4.69, 9.17) is 4.42 Å². The monoisotopic (exact) mass is 918 g/mol. The summed E-state index contributed by atoms with van der Waals surface area (Å²) in [6.45, 7) is 2.28. The maximum absolute atomic E-state index is 7.02. The molecular weight excluding hydrogens is 869 g/mol. The first-order chi connectivity index (χ1) is 34.2. The highest BCUT2D eigenvalue weighted by Gasteiger charge is 2.50. The van der Waals surface area contributed by atoms with E-state index in [1.807, 2.05) is 0 Å². The summed E-state index contributed by atoms with van der Waals surface area (Å²) < 4.78 is 7.02. The van der Waals surface area contributed by atoms with Gasteiger partial charge in [0.05, 0.1) is 0 Å². The highest BCUT2D eigenvalue weighted by atomic mass is 28.3. The van der Waals surface area contributed by atoms with Crippen LogP contribution in [0.15, 0.2) is 253 Å². The van der Waals surface area contributed by atoms with Gasteiger partial charge in [-0.2, -0.15) is 0 Å². The van der Waals surface area contributed by atoms with Gasteiger partial charge < -0.3 is 14.2 Å². The highest BCUT2D eigenvalue weighted by molar-refractivity contribution is 7.22. The smallest absolute Gasteiger partial charge is 0.184 e. The van der Waals surface area contributed by atoms with Crippen molar-refractivity contribution < 1.29 is 4.42 Å². The van der Waals surface area contributed by atoms with Gasteiger partial charge in [-0.05, 0) is 114 Å². The molecule has 0 fully saturated rings. The number of furan rings is 1. The Morgan fingerprint density at radius 1 is 0.362 bits per heavy atom. The lowest BCUT2D eigenvalue weighted by atomic mass is 10.0. The number of benzene rings is 10. The zero-order valence-corrected chi connectivity index (χ0v) is 40.6. The summed E-state index contributed by atoms with van der Waals surface area (Å²) in [5.74, 6) is 0. The van der Waals surface area contributed by atoms with Crippen molar-refractivity contribution in [3.05, 3.63) is 254 Å². The summed E-state index contributed by atoms with van der Waals surface area (Å²) in [6.07, 6.45) is 3.09. The maximum Gasteiger partial charge on any atom is 0.184 e. The van der Waals surface area contributed by atoms with E-state index >= 15 is 0 Å². The Kier molecular flexibility index (Phi) is 9.96. The van der Waals surface area contributed by atoms with Gasteiger partial charge in [-0.3, -0.25) is 0 Å². The Balaban J connectivity index is 1.04. The molecule has 0 amide bonds. The van der Waals surface area contributed by atoms with Crippen molar-refractivity contribution in [3.8, 4) is 0 Å². The molecule has 0 bridgehead atoms. The summed E-state index contributed by atoms with van der Waals surface area (Å²) in [5.41, 5.74) is 10.3.